The summed E-state index contributed by atoms with van der Waals surface area (Å²) in [5.74, 6) is 0.865. The van der Waals surface area contributed by atoms with Crippen LogP contribution >= 0.6 is 11.6 Å². The Labute approximate surface area is 130 Å². The summed E-state index contributed by atoms with van der Waals surface area (Å²) in [4.78, 5) is 8.99. The van der Waals surface area contributed by atoms with Gasteiger partial charge in [-0.05, 0) is 30.7 Å². The number of nitrogens with zero attached hydrogens (tertiary/aromatic N) is 3. The van der Waals surface area contributed by atoms with Gasteiger partial charge in [0.05, 0.1) is 0 Å². The molecule has 110 valence electrons. The van der Waals surface area contributed by atoms with Crippen LogP contribution in [0.5, 0.6) is 0 Å². The average Bonchev–Trinajstić information content (AvgIpc) is 2.46. The molecule has 0 unspecified atom stereocenters. The molecule has 1 aromatic heterocycles. The summed E-state index contributed by atoms with van der Waals surface area (Å²) in [5, 5.41) is 0.450. The van der Waals surface area contributed by atoms with Crippen LogP contribution in [-0.2, 0) is 0 Å². The molecule has 0 aliphatic carbocycles. The van der Waals surface area contributed by atoms with Crippen LogP contribution in [0.25, 0.3) is 0 Å². The number of pyridine rings is 1. The third-order valence-corrected chi connectivity index (χ3v) is 3.97. The van der Waals surface area contributed by atoms with Gasteiger partial charge < -0.3 is 15.5 Å². The number of hydrogen-bond donors (Lipinski definition) is 1. The largest absolute Gasteiger partial charge is 0.399 e. The van der Waals surface area contributed by atoms with Crippen molar-refractivity contribution in [1.29, 1.82) is 0 Å². The molecule has 1 aromatic carbocycles. The zero-order valence-electron chi connectivity index (χ0n) is 12.1. The summed E-state index contributed by atoms with van der Waals surface area (Å²) in [5.41, 5.74) is 9.07. The molecule has 0 atom stereocenters. The van der Waals surface area contributed by atoms with Crippen LogP contribution in [0, 0.1) is 6.92 Å². The predicted molar refractivity (Wildman–Crippen MR) is 89.3 cm³/mol. The number of nitrogens with two attached hydrogens (primary N) is 1. The summed E-state index contributed by atoms with van der Waals surface area (Å²) < 4.78 is 0. The lowest BCUT2D eigenvalue weighted by atomic mass is 10.2. The maximum atomic E-state index is 5.98. The van der Waals surface area contributed by atoms with Crippen molar-refractivity contribution in [3.8, 4) is 0 Å². The maximum Gasteiger partial charge on any atom is 0.133 e. The van der Waals surface area contributed by atoms with Crippen LogP contribution in [0.2, 0.25) is 5.15 Å². The van der Waals surface area contributed by atoms with E-state index in [-0.39, 0.29) is 0 Å². The second-order valence-electron chi connectivity index (χ2n) is 5.39. The van der Waals surface area contributed by atoms with Crippen molar-refractivity contribution in [2.24, 2.45) is 0 Å². The van der Waals surface area contributed by atoms with Crippen LogP contribution in [0.15, 0.2) is 36.4 Å². The van der Waals surface area contributed by atoms with E-state index < -0.39 is 0 Å². The lowest BCUT2D eigenvalue weighted by Gasteiger charge is -2.37. The SMILES string of the molecule is Cc1cccc(N2CCN(c3cc(N)cc(Cl)n3)CC2)c1. The summed E-state index contributed by atoms with van der Waals surface area (Å²) in [6.45, 7) is 5.90. The minimum Gasteiger partial charge on any atom is -0.399 e. The first-order valence-electron chi connectivity index (χ1n) is 7.11. The number of aromatic nitrogens is 1. The molecule has 4 nitrogen and oxygen atoms in total. The van der Waals surface area contributed by atoms with Gasteiger partial charge in [-0.1, -0.05) is 23.7 Å². The Kier molecular flexibility index (Phi) is 3.88. The van der Waals surface area contributed by atoms with Crippen LogP contribution in [0.3, 0.4) is 0 Å². The maximum absolute atomic E-state index is 5.98. The minimum absolute atomic E-state index is 0.450. The number of rotatable bonds is 2. The van der Waals surface area contributed by atoms with Gasteiger partial charge in [0.25, 0.3) is 0 Å². The van der Waals surface area contributed by atoms with E-state index in [0.29, 0.717) is 10.8 Å². The highest BCUT2D eigenvalue weighted by Gasteiger charge is 2.18. The molecule has 5 heteroatoms. The first-order valence-corrected chi connectivity index (χ1v) is 7.49. The Morgan fingerprint density at radius 3 is 2.43 bits per heavy atom. The number of aryl methyl sites for hydroxylation is 1. The van der Waals surface area contributed by atoms with E-state index >= 15 is 0 Å². The van der Waals surface area contributed by atoms with E-state index in [0.717, 1.165) is 32.0 Å². The number of anilines is 3. The van der Waals surface area contributed by atoms with Crippen LogP contribution in [0.4, 0.5) is 17.2 Å². The highest BCUT2D eigenvalue weighted by Crippen LogP contribution is 2.23. The quantitative estimate of drug-likeness (QED) is 0.866. The van der Waals surface area contributed by atoms with Gasteiger partial charge in [0.2, 0.25) is 0 Å². The lowest BCUT2D eigenvalue weighted by molar-refractivity contribution is 0.647. The van der Waals surface area contributed by atoms with E-state index in [2.05, 4.69) is 46.0 Å². The van der Waals surface area contributed by atoms with E-state index in [4.69, 9.17) is 17.3 Å². The molecule has 2 heterocycles. The van der Waals surface area contributed by atoms with Gasteiger partial charge in [0.15, 0.2) is 0 Å². The van der Waals surface area contributed by atoms with E-state index in [1.54, 1.807) is 6.07 Å². The van der Waals surface area contributed by atoms with Gasteiger partial charge >= 0.3 is 0 Å². The molecule has 1 saturated heterocycles. The Balaban J connectivity index is 1.70. The fourth-order valence-corrected chi connectivity index (χ4v) is 2.90. The molecule has 1 aliphatic rings. The topological polar surface area (TPSA) is 45.4 Å². The smallest absolute Gasteiger partial charge is 0.133 e. The average molecular weight is 303 g/mol. The molecule has 1 aliphatic heterocycles. The Hall–Kier alpha value is -1.94. The molecule has 2 aromatic rings. The molecule has 0 radical (unpaired) electrons. The molecule has 2 N–H and O–H groups in total. The fourth-order valence-electron chi connectivity index (χ4n) is 2.68. The predicted octanol–water partition coefficient (Wildman–Crippen LogP) is 2.95. The first-order chi connectivity index (χ1) is 10.1. The van der Waals surface area contributed by atoms with Crippen molar-refractivity contribution in [2.45, 2.75) is 6.92 Å². The summed E-state index contributed by atoms with van der Waals surface area (Å²) in [6, 6.07) is 12.2. The van der Waals surface area contributed by atoms with Gasteiger partial charge in [-0.3, -0.25) is 0 Å². The standard InChI is InChI=1S/C16H19ClN4/c1-12-3-2-4-14(9-12)20-5-7-21(8-6-20)16-11-13(18)10-15(17)19-16/h2-4,9-11H,5-8H2,1H3,(H2,18,19). The highest BCUT2D eigenvalue weighted by molar-refractivity contribution is 6.29. The molecule has 3 rings (SSSR count). The highest BCUT2D eigenvalue weighted by atomic mass is 35.5. The van der Waals surface area contributed by atoms with Crippen LogP contribution < -0.4 is 15.5 Å². The summed E-state index contributed by atoms with van der Waals surface area (Å²) in [7, 11) is 0. The second kappa shape index (κ2) is 5.82. The molecule has 0 amide bonds. The molecule has 21 heavy (non-hydrogen) atoms. The summed E-state index contributed by atoms with van der Waals surface area (Å²) in [6.07, 6.45) is 0. The number of nitrogen functional groups attached to an aromatic ring is 1. The molecular formula is C16H19ClN4. The molecular weight excluding hydrogens is 284 g/mol. The summed E-state index contributed by atoms with van der Waals surface area (Å²) >= 11 is 5.98. The Morgan fingerprint density at radius 2 is 1.76 bits per heavy atom. The Morgan fingerprint density at radius 1 is 1.05 bits per heavy atom. The molecule has 0 saturated carbocycles. The monoisotopic (exact) mass is 302 g/mol. The van der Waals surface area contributed by atoms with Gasteiger partial charge in [0.1, 0.15) is 11.0 Å². The fraction of sp³-hybridized carbons (Fsp3) is 0.312. The van der Waals surface area contributed by atoms with Crippen molar-refractivity contribution >= 4 is 28.8 Å². The van der Waals surface area contributed by atoms with Gasteiger partial charge in [0, 0.05) is 43.6 Å². The van der Waals surface area contributed by atoms with Gasteiger partial charge in [-0.25, -0.2) is 4.98 Å². The second-order valence-corrected chi connectivity index (χ2v) is 5.78. The van der Waals surface area contributed by atoms with Crippen LogP contribution in [0.1, 0.15) is 5.56 Å². The minimum atomic E-state index is 0.450. The van der Waals surface area contributed by atoms with E-state index in [9.17, 15) is 0 Å². The van der Waals surface area contributed by atoms with E-state index in [1.165, 1.54) is 11.3 Å². The van der Waals surface area contributed by atoms with Crippen molar-refractivity contribution in [1.82, 2.24) is 4.98 Å². The molecule has 1 fully saturated rings. The Bertz CT molecular complexity index is 616. The lowest BCUT2D eigenvalue weighted by Crippen LogP contribution is -2.46. The number of hydrogen-bond acceptors (Lipinski definition) is 4. The molecule has 0 bridgehead atoms. The zero-order chi connectivity index (χ0) is 14.8. The van der Waals surface area contributed by atoms with Gasteiger partial charge in [-0.2, -0.15) is 0 Å². The number of benzene rings is 1. The van der Waals surface area contributed by atoms with Crippen molar-refractivity contribution in [3.63, 3.8) is 0 Å². The third-order valence-electron chi connectivity index (χ3n) is 3.77. The third kappa shape index (κ3) is 3.22. The van der Waals surface area contributed by atoms with E-state index in [1.807, 2.05) is 6.07 Å². The first kappa shape index (κ1) is 14.0. The normalized spacial score (nSPS) is 15.3. The van der Waals surface area contributed by atoms with Crippen molar-refractivity contribution in [2.75, 3.05) is 41.7 Å². The number of halogens is 1. The van der Waals surface area contributed by atoms with Gasteiger partial charge in [-0.15, -0.1) is 0 Å². The van der Waals surface area contributed by atoms with Crippen molar-refractivity contribution in [3.05, 3.63) is 47.1 Å². The van der Waals surface area contributed by atoms with Crippen LogP contribution in [-0.4, -0.2) is 31.2 Å². The number of piperazine rings is 1. The van der Waals surface area contributed by atoms with Crippen molar-refractivity contribution < 1.29 is 0 Å². The zero-order valence-corrected chi connectivity index (χ0v) is 12.8. The molecule has 0 spiro atoms.